The maximum atomic E-state index is 13.7. The van der Waals surface area contributed by atoms with Gasteiger partial charge in [-0.05, 0) is 30.7 Å². The van der Waals surface area contributed by atoms with E-state index in [1.165, 1.54) is 6.07 Å². The lowest BCUT2D eigenvalue weighted by atomic mass is 9.84. The maximum absolute atomic E-state index is 13.7. The van der Waals surface area contributed by atoms with Gasteiger partial charge in [-0.2, -0.15) is 0 Å². The van der Waals surface area contributed by atoms with Crippen molar-refractivity contribution in [3.63, 3.8) is 0 Å². The van der Waals surface area contributed by atoms with Crippen LogP contribution < -0.4 is 5.73 Å². The third kappa shape index (κ3) is 1.84. The van der Waals surface area contributed by atoms with Crippen molar-refractivity contribution in [2.45, 2.75) is 38.6 Å². The van der Waals surface area contributed by atoms with E-state index in [0.29, 0.717) is 18.4 Å². The van der Waals surface area contributed by atoms with E-state index in [-0.39, 0.29) is 5.41 Å². The Hall–Kier alpha value is -0.960. The van der Waals surface area contributed by atoms with Gasteiger partial charge in [0.15, 0.2) is 11.6 Å². The van der Waals surface area contributed by atoms with Crippen LogP contribution in [-0.4, -0.2) is 0 Å². The van der Waals surface area contributed by atoms with Crippen LogP contribution in [0, 0.1) is 17.0 Å². The molecule has 1 aliphatic carbocycles. The summed E-state index contributed by atoms with van der Waals surface area (Å²) in [5.74, 6) is -1.60. The van der Waals surface area contributed by atoms with E-state index in [4.69, 9.17) is 5.73 Å². The van der Waals surface area contributed by atoms with Crippen LogP contribution in [-0.2, 0) is 5.54 Å². The predicted molar refractivity (Wildman–Crippen MR) is 59.9 cm³/mol. The van der Waals surface area contributed by atoms with Gasteiger partial charge < -0.3 is 5.73 Å². The minimum Gasteiger partial charge on any atom is -0.321 e. The second kappa shape index (κ2) is 3.52. The average molecular weight is 225 g/mol. The summed E-state index contributed by atoms with van der Waals surface area (Å²) in [5, 5.41) is 0. The molecule has 0 aromatic heterocycles. The summed E-state index contributed by atoms with van der Waals surface area (Å²) in [7, 11) is 0. The summed E-state index contributed by atoms with van der Waals surface area (Å²) in [6.45, 7) is 4.22. The van der Waals surface area contributed by atoms with Crippen LogP contribution in [0.15, 0.2) is 18.2 Å². The van der Waals surface area contributed by atoms with Crippen molar-refractivity contribution in [1.29, 1.82) is 0 Å². The smallest absolute Gasteiger partial charge is 0.163 e. The van der Waals surface area contributed by atoms with Crippen molar-refractivity contribution >= 4 is 0 Å². The molecular formula is C13H17F2N. The van der Waals surface area contributed by atoms with Gasteiger partial charge in [-0.15, -0.1) is 0 Å². The summed E-state index contributed by atoms with van der Waals surface area (Å²) in [6, 6.07) is 4.25. The molecule has 88 valence electrons. The molecule has 0 aliphatic heterocycles. The van der Waals surface area contributed by atoms with E-state index in [9.17, 15) is 8.78 Å². The molecule has 0 heterocycles. The van der Waals surface area contributed by atoms with Crippen LogP contribution in [0.4, 0.5) is 8.78 Å². The second-order valence-electron chi connectivity index (χ2n) is 5.60. The minimum absolute atomic E-state index is 0.105. The van der Waals surface area contributed by atoms with Crippen LogP contribution in [0.3, 0.4) is 0 Å². The van der Waals surface area contributed by atoms with E-state index >= 15 is 0 Å². The van der Waals surface area contributed by atoms with Gasteiger partial charge in [-0.1, -0.05) is 26.0 Å². The number of hydrogen-bond donors (Lipinski definition) is 1. The Morgan fingerprint density at radius 3 is 2.44 bits per heavy atom. The van der Waals surface area contributed by atoms with Crippen LogP contribution in [0.1, 0.15) is 38.7 Å². The van der Waals surface area contributed by atoms with Crippen molar-refractivity contribution in [3.05, 3.63) is 35.4 Å². The Morgan fingerprint density at radius 2 is 1.88 bits per heavy atom. The zero-order valence-electron chi connectivity index (χ0n) is 9.69. The molecule has 1 aromatic rings. The first kappa shape index (κ1) is 11.5. The lowest BCUT2D eigenvalue weighted by molar-refractivity contribution is 0.331. The summed E-state index contributed by atoms with van der Waals surface area (Å²) in [6.07, 6.45) is 2.35. The van der Waals surface area contributed by atoms with Crippen LogP contribution in [0.2, 0.25) is 0 Å². The second-order valence-corrected chi connectivity index (χ2v) is 5.60. The van der Waals surface area contributed by atoms with Crippen LogP contribution in [0.25, 0.3) is 0 Å². The quantitative estimate of drug-likeness (QED) is 0.779. The molecule has 0 radical (unpaired) electrons. The lowest BCUT2D eigenvalue weighted by Gasteiger charge is -2.27. The predicted octanol–water partition coefficient (Wildman–Crippen LogP) is 3.33. The van der Waals surface area contributed by atoms with E-state index in [1.54, 1.807) is 6.07 Å². The maximum Gasteiger partial charge on any atom is 0.163 e. The highest BCUT2D eigenvalue weighted by atomic mass is 19.2. The summed E-state index contributed by atoms with van der Waals surface area (Å²) >= 11 is 0. The Kier molecular flexibility index (Phi) is 2.54. The molecule has 1 nitrogen and oxygen atoms in total. The Morgan fingerprint density at radius 1 is 1.19 bits per heavy atom. The molecular weight excluding hydrogens is 208 g/mol. The van der Waals surface area contributed by atoms with Crippen molar-refractivity contribution in [2.24, 2.45) is 11.1 Å². The van der Waals surface area contributed by atoms with Gasteiger partial charge in [0, 0.05) is 11.1 Å². The summed E-state index contributed by atoms with van der Waals surface area (Å²) in [4.78, 5) is 0. The van der Waals surface area contributed by atoms with E-state index < -0.39 is 17.2 Å². The Labute approximate surface area is 94.7 Å². The molecule has 0 spiro atoms. The van der Waals surface area contributed by atoms with E-state index in [1.807, 2.05) is 0 Å². The molecule has 2 N–H and O–H groups in total. The molecule has 2 rings (SSSR count). The monoisotopic (exact) mass is 225 g/mol. The molecule has 0 bridgehead atoms. The first-order valence-electron chi connectivity index (χ1n) is 5.57. The van der Waals surface area contributed by atoms with Crippen molar-refractivity contribution < 1.29 is 8.78 Å². The first-order chi connectivity index (χ1) is 7.34. The van der Waals surface area contributed by atoms with Gasteiger partial charge >= 0.3 is 0 Å². The largest absolute Gasteiger partial charge is 0.321 e. The first-order valence-corrected chi connectivity index (χ1v) is 5.57. The van der Waals surface area contributed by atoms with Crippen molar-refractivity contribution in [2.75, 3.05) is 0 Å². The zero-order valence-corrected chi connectivity index (χ0v) is 9.69. The van der Waals surface area contributed by atoms with Gasteiger partial charge in [-0.3, -0.25) is 0 Å². The number of hydrogen-bond acceptors (Lipinski definition) is 1. The minimum atomic E-state index is -0.813. The molecule has 1 aromatic carbocycles. The lowest BCUT2D eigenvalue weighted by Crippen LogP contribution is -2.35. The normalized spacial score (nSPS) is 28.3. The molecule has 0 amide bonds. The highest BCUT2D eigenvalue weighted by Crippen LogP contribution is 2.47. The molecule has 1 aliphatic rings. The number of benzene rings is 1. The molecule has 1 unspecified atom stereocenters. The summed E-state index contributed by atoms with van der Waals surface area (Å²) in [5.41, 5.74) is 5.93. The highest BCUT2D eigenvalue weighted by Gasteiger charge is 2.43. The molecule has 1 atom stereocenters. The molecule has 1 fully saturated rings. The fourth-order valence-corrected chi connectivity index (χ4v) is 2.71. The third-order valence-electron chi connectivity index (χ3n) is 3.53. The SMILES string of the molecule is CC1(C)CCC(N)(c2cccc(F)c2F)C1. The van der Waals surface area contributed by atoms with Crippen molar-refractivity contribution in [1.82, 2.24) is 0 Å². The summed E-state index contributed by atoms with van der Waals surface area (Å²) < 4.78 is 26.9. The fraction of sp³-hybridized carbons (Fsp3) is 0.538. The van der Waals surface area contributed by atoms with Crippen LogP contribution >= 0.6 is 0 Å². The van der Waals surface area contributed by atoms with Crippen LogP contribution in [0.5, 0.6) is 0 Å². The number of halogens is 2. The van der Waals surface area contributed by atoms with Gasteiger partial charge in [0.25, 0.3) is 0 Å². The van der Waals surface area contributed by atoms with Gasteiger partial charge in [0.05, 0.1) is 0 Å². The number of rotatable bonds is 1. The number of nitrogens with two attached hydrogens (primary N) is 1. The molecule has 0 saturated heterocycles. The average Bonchev–Trinajstić information content (AvgIpc) is 2.46. The van der Waals surface area contributed by atoms with Gasteiger partial charge in [0.1, 0.15) is 0 Å². The molecule has 3 heteroatoms. The van der Waals surface area contributed by atoms with Gasteiger partial charge in [0.2, 0.25) is 0 Å². The third-order valence-corrected chi connectivity index (χ3v) is 3.53. The standard InChI is InChI=1S/C13H17F2N/c1-12(2)6-7-13(16,8-12)9-4-3-5-10(14)11(9)15/h3-5H,6-8,16H2,1-2H3. The Bertz CT molecular complexity index is 414. The van der Waals surface area contributed by atoms with Gasteiger partial charge in [-0.25, -0.2) is 8.78 Å². The fourth-order valence-electron chi connectivity index (χ4n) is 2.71. The molecule has 1 saturated carbocycles. The van der Waals surface area contributed by atoms with E-state index in [2.05, 4.69) is 13.8 Å². The topological polar surface area (TPSA) is 26.0 Å². The Balaban J connectivity index is 2.42. The molecule has 16 heavy (non-hydrogen) atoms. The van der Waals surface area contributed by atoms with E-state index in [0.717, 1.165) is 12.5 Å². The highest BCUT2D eigenvalue weighted by molar-refractivity contribution is 5.28. The zero-order chi connectivity index (χ0) is 12.0. The van der Waals surface area contributed by atoms with Crippen molar-refractivity contribution in [3.8, 4) is 0 Å².